The van der Waals surface area contributed by atoms with E-state index in [0.29, 0.717) is 12.8 Å². The van der Waals surface area contributed by atoms with Gasteiger partial charge >= 0.3 is 0 Å². The van der Waals surface area contributed by atoms with Crippen LogP contribution in [0.4, 0.5) is 4.39 Å². The molecule has 6 heteroatoms. The van der Waals surface area contributed by atoms with Crippen molar-refractivity contribution in [2.45, 2.75) is 25.8 Å². The Morgan fingerprint density at radius 3 is 2.96 bits per heavy atom. The van der Waals surface area contributed by atoms with Crippen molar-refractivity contribution in [3.63, 3.8) is 0 Å². The molecule has 23 heavy (non-hydrogen) atoms. The van der Waals surface area contributed by atoms with E-state index < -0.39 is 0 Å². The maximum absolute atomic E-state index is 12.9. The quantitative estimate of drug-likeness (QED) is 0.933. The molecule has 1 amide bonds. The first-order chi connectivity index (χ1) is 11.1. The van der Waals surface area contributed by atoms with E-state index >= 15 is 0 Å². The lowest BCUT2D eigenvalue weighted by molar-refractivity contribution is -0.133. The minimum atomic E-state index is -0.232. The van der Waals surface area contributed by atoms with Gasteiger partial charge in [-0.25, -0.2) is 9.37 Å². The molecular formula is C17H20FN3OS. The first-order valence-corrected chi connectivity index (χ1v) is 8.67. The average molecular weight is 333 g/mol. The van der Waals surface area contributed by atoms with Crippen molar-refractivity contribution < 1.29 is 9.18 Å². The minimum Gasteiger partial charge on any atom is -0.337 e. The van der Waals surface area contributed by atoms with Crippen LogP contribution in [-0.4, -0.2) is 41.5 Å². The number of nitrogens with zero attached hydrogens (tertiary/aromatic N) is 2. The van der Waals surface area contributed by atoms with Crippen molar-refractivity contribution in [1.29, 1.82) is 0 Å². The molecule has 1 saturated heterocycles. The Morgan fingerprint density at radius 1 is 1.43 bits per heavy atom. The van der Waals surface area contributed by atoms with Gasteiger partial charge in [-0.3, -0.25) is 4.79 Å². The molecule has 1 fully saturated rings. The summed E-state index contributed by atoms with van der Waals surface area (Å²) in [6.45, 7) is 4.51. The van der Waals surface area contributed by atoms with Gasteiger partial charge in [0.2, 0.25) is 5.91 Å². The first-order valence-electron chi connectivity index (χ1n) is 7.80. The molecule has 1 unspecified atom stereocenters. The van der Waals surface area contributed by atoms with Gasteiger partial charge in [0.25, 0.3) is 0 Å². The largest absolute Gasteiger partial charge is 0.337 e. The third-order valence-corrected chi connectivity index (χ3v) is 4.92. The normalized spacial score (nSPS) is 18.2. The summed E-state index contributed by atoms with van der Waals surface area (Å²) in [5, 5.41) is 6.18. The van der Waals surface area contributed by atoms with Gasteiger partial charge in [0.1, 0.15) is 5.82 Å². The number of thiazole rings is 1. The minimum absolute atomic E-state index is 0.137. The Hall–Kier alpha value is -1.79. The van der Waals surface area contributed by atoms with Crippen LogP contribution < -0.4 is 5.32 Å². The van der Waals surface area contributed by atoms with Crippen LogP contribution in [0.15, 0.2) is 29.6 Å². The van der Waals surface area contributed by atoms with E-state index in [1.807, 2.05) is 10.3 Å². The van der Waals surface area contributed by atoms with E-state index in [2.05, 4.69) is 17.2 Å². The smallest absolute Gasteiger partial charge is 0.228 e. The Balaban J connectivity index is 1.60. The van der Waals surface area contributed by atoms with Crippen molar-refractivity contribution in [2.24, 2.45) is 0 Å². The molecule has 0 saturated carbocycles. The highest BCUT2D eigenvalue weighted by Crippen LogP contribution is 2.17. The summed E-state index contributed by atoms with van der Waals surface area (Å²) >= 11 is 1.55. The predicted octanol–water partition coefficient (Wildman–Crippen LogP) is 2.24. The molecule has 2 heterocycles. The van der Waals surface area contributed by atoms with Crippen LogP contribution in [0.3, 0.4) is 0 Å². The molecule has 1 N–H and O–H groups in total. The van der Waals surface area contributed by atoms with Crippen molar-refractivity contribution in [3.05, 3.63) is 51.7 Å². The monoisotopic (exact) mass is 333 g/mol. The standard InChI is InChI=1S/C17H20FN3OS/c1-12-10-19-6-7-21(12)17(22)9-15-11-23-16(20-15)8-13-2-4-14(18)5-3-13/h2-5,11-12,19H,6-10H2,1H3. The van der Waals surface area contributed by atoms with Crippen molar-refractivity contribution in [3.8, 4) is 0 Å². The van der Waals surface area contributed by atoms with Gasteiger partial charge in [-0.15, -0.1) is 11.3 Å². The van der Waals surface area contributed by atoms with Crippen LogP contribution in [0.5, 0.6) is 0 Å². The maximum atomic E-state index is 12.9. The molecule has 3 rings (SSSR count). The van der Waals surface area contributed by atoms with Crippen LogP contribution in [-0.2, 0) is 17.6 Å². The number of benzene rings is 1. The Kier molecular flexibility index (Phi) is 5.03. The Labute approximate surface area is 139 Å². The molecule has 0 aliphatic carbocycles. The van der Waals surface area contributed by atoms with E-state index in [4.69, 9.17) is 0 Å². The third kappa shape index (κ3) is 4.14. The number of halogens is 1. The number of aromatic nitrogens is 1. The molecule has 1 atom stereocenters. The molecule has 1 aliphatic rings. The van der Waals surface area contributed by atoms with Gasteiger partial charge in [-0.2, -0.15) is 0 Å². The second-order valence-corrected chi connectivity index (χ2v) is 6.80. The summed E-state index contributed by atoms with van der Waals surface area (Å²) in [6, 6.07) is 6.68. The summed E-state index contributed by atoms with van der Waals surface area (Å²) < 4.78 is 12.9. The van der Waals surface area contributed by atoms with E-state index in [1.54, 1.807) is 23.5 Å². The number of nitrogens with one attached hydrogen (secondary N) is 1. The van der Waals surface area contributed by atoms with E-state index in [-0.39, 0.29) is 17.8 Å². The van der Waals surface area contributed by atoms with Crippen molar-refractivity contribution >= 4 is 17.2 Å². The number of hydrogen-bond donors (Lipinski definition) is 1. The highest BCUT2D eigenvalue weighted by molar-refractivity contribution is 7.09. The third-order valence-electron chi connectivity index (χ3n) is 4.02. The van der Waals surface area contributed by atoms with Crippen LogP contribution in [0.2, 0.25) is 0 Å². The molecule has 4 nitrogen and oxygen atoms in total. The lowest BCUT2D eigenvalue weighted by Crippen LogP contribution is -2.52. The van der Waals surface area contributed by atoms with Crippen molar-refractivity contribution in [2.75, 3.05) is 19.6 Å². The zero-order valence-electron chi connectivity index (χ0n) is 13.1. The highest BCUT2D eigenvalue weighted by Gasteiger charge is 2.23. The van der Waals surface area contributed by atoms with Gasteiger partial charge in [0.15, 0.2) is 0 Å². The van der Waals surface area contributed by atoms with Crippen LogP contribution in [0.25, 0.3) is 0 Å². The number of carbonyl (C=O) groups excluding carboxylic acids is 1. The van der Waals surface area contributed by atoms with Crippen molar-refractivity contribution in [1.82, 2.24) is 15.2 Å². The van der Waals surface area contributed by atoms with Gasteiger partial charge in [0, 0.05) is 37.5 Å². The zero-order chi connectivity index (χ0) is 16.2. The fraction of sp³-hybridized carbons (Fsp3) is 0.412. The molecule has 0 radical (unpaired) electrons. The number of rotatable bonds is 4. The van der Waals surface area contributed by atoms with E-state index in [9.17, 15) is 9.18 Å². The molecule has 122 valence electrons. The van der Waals surface area contributed by atoms with Gasteiger partial charge in [-0.1, -0.05) is 12.1 Å². The fourth-order valence-corrected chi connectivity index (χ4v) is 3.58. The molecule has 0 spiro atoms. The number of amides is 1. The first kappa shape index (κ1) is 16.1. The fourth-order valence-electron chi connectivity index (χ4n) is 2.76. The number of carbonyl (C=O) groups is 1. The van der Waals surface area contributed by atoms with E-state index in [0.717, 1.165) is 35.9 Å². The highest BCUT2D eigenvalue weighted by atomic mass is 32.1. The summed E-state index contributed by atoms with van der Waals surface area (Å²) in [4.78, 5) is 18.9. The summed E-state index contributed by atoms with van der Waals surface area (Å²) in [5.41, 5.74) is 1.84. The number of hydrogen-bond acceptors (Lipinski definition) is 4. The molecule has 1 aromatic heterocycles. The van der Waals surface area contributed by atoms with Gasteiger partial charge in [0.05, 0.1) is 17.1 Å². The lowest BCUT2D eigenvalue weighted by atomic mass is 10.1. The summed E-state index contributed by atoms with van der Waals surface area (Å²) in [7, 11) is 0. The topological polar surface area (TPSA) is 45.2 Å². The van der Waals surface area contributed by atoms with Gasteiger partial charge in [-0.05, 0) is 24.6 Å². The SMILES string of the molecule is CC1CNCCN1C(=O)Cc1csc(Cc2ccc(F)cc2)n1. The molecule has 2 aromatic rings. The maximum Gasteiger partial charge on any atom is 0.228 e. The average Bonchev–Trinajstić information content (AvgIpc) is 2.97. The number of piperazine rings is 1. The van der Waals surface area contributed by atoms with Crippen LogP contribution in [0.1, 0.15) is 23.2 Å². The van der Waals surface area contributed by atoms with E-state index in [1.165, 1.54) is 12.1 Å². The summed E-state index contributed by atoms with van der Waals surface area (Å²) in [6.07, 6.45) is 1.02. The summed E-state index contributed by atoms with van der Waals surface area (Å²) in [5.74, 6) is -0.0954. The molecule has 1 aliphatic heterocycles. The van der Waals surface area contributed by atoms with Crippen LogP contribution >= 0.6 is 11.3 Å². The van der Waals surface area contributed by atoms with Crippen LogP contribution in [0, 0.1) is 5.82 Å². The Bertz CT molecular complexity index is 671. The van der Waals surface area contributed by atoms with Gasteiger partial charge < -0.3 is 10.2 Å². The Morgan fingerprint density at radius 2 is 2.22 bits per heavy atom. The zero-order valence-corrected chi connectivity index (χ0v) is 13.9. The molecule has 0 bridgehead atoms. The predicted molar refractivity (Wildman–Crippen MR) is 89.1 cm³/mol. The molecule has 1 aromatic carbocycles. The second kappa shape index (κ2) is 7.19. The second-order valence-electron chi connectivity index (χ2n) is 5.85. The lowest BCUT2D eigenvalue weighted by Gasteiger charge is -2.33. The molecular weight excluding hydrogens is 313 g/mol.